The van der Waals surface area contributed by atoms with E-state index >= 15 is 0 Å². The first-order valence-corrected chi connectivity index (χ1v) is 9.52. The minimum atomic E-state index is -0.279. The van der Waals surface area contributed by atoms with Gasteiger partial charge < -0.3 is 10.0 Å². The minimum absolute atomic E-state index is 0.150. The Morgan fingerprint density at radius 1 is 1.15 bits per heavy atom. The lowest BCUT2D eigenvalue weighted by molar-refractivity contribution is 0.625. The molecule has 0 spiro atoms. The highest BCUT2D eigenvalue weighted by Gasteiger charge is 2.14. The third-order valence-electron chi connectivity index (χ3n) is 3.94. The zero-order chi connectivity index (χ0) is 19.1. The van der Waals surface area contributed by atoms with Crippen LogP contribution in [0.1, 0.15) is 22.7 Å². The summed E-state index contributed by atoms with van der Waals surface area (Å²) in [5, 5.41) is 12.2. The molecule has 0 aliphatic rings. The lowest BCUT2D eigenvalue weighted by Crippen LogP contribution is -2.15. The van der Waals surface area contributed by atoms with Crippen LogP contribution in [0.25, 0.3) is 0 Å². The molecular weight excluding hydrogens is 361 g/mol. The molecule has 3 aromatic rings. The van der Waals surface area contributed by atoms with E-state index in [0.29, 0.717) is 17.9 Å². The Kier molecular flexibility index (Phi) is 6.23. The second-order valence-electron chi connectivity index (χ2n) is 5.87. The van der Waals surface area contributed by atoms with E-state index in [2.05, 4.69) is 26.1 Å². The normalized spacial score (nSPS) is 11.4. The number of nitrogens with zero attached hydrogens (tertiary/aromatic N) is 3. The van der Waals surface area contributed by atoms with Crippen LogP contribution < -0.4 is 10.0 Å². The van der Waals surface area contributed by atoms with Crippen molar-refractivity contribution in [2.45, 2.75) is 12.5 Å². The third kappa shape index (κ3) is 5.19. The van der Waals surface area contributed by atoms with Crippen molar-refractivity contribution in [3.63, 3.8) is 0 Å². The molecule has 0 fully saturated rings. The lowest BCUT2D eigenvalue weighted by atomic mass is 9.98. The van der Waals surface area contributed by atoms with E-state index < -0.39 is 0 Å². The number of anilines is 2. The quantitative estimate of drug-likeness (QED) is 0.586. The first-order chi connectivity index (χ1) is 13.2. The van der Waals surface area contributed by atoms with Gasteiger partial charge in [-0.1, -0.05) is 36.2 Å². The summed E-state index contributed by atoms with van der Waals surface area (Å²) in [7, 11) is 0. The topological polar surface area (TPSA) is 73.6 Å². The van der Waals surface area contributed by atoms with E-state index in [0.717, 1.165) is 16.8 Å². The number of aromatic nitrogens is 2. The van der Waals surface area contributed by atoms with Crippen molar-refractivity contribution < 1.29 is 4.39 Å². The Balaban J connectivity index is 1.86. The summed E-state index contributed by atoms with van der Waals surface area (Å²) < 4.78 is 16.6. The summed E-state index contributed by atoms with van der Waals surface area (Å²) >= 11 is 1.53. The molecule has 0 aliphatic carbocycles. The fraction of sp³-hybridized carbons (Fsp3) is 0.150. The number of hydrogen-bond donors (Lipinski definition) is 2. The van der Waals surface area contributed by atoms with Crippen molar-refractivity contribution in [3.05, 3.63) is 83.4 Å². The van der Waals surface area contributed by atoms with Gasteiger partial charge in [0.15, 0.2) is 0 Å². The largest absolute Gasteiger partial charge is 0.347 e. The molecule has 1 unspecified atom stereocenters. The molecule has 1 aromatic heterocycles. The number of nitrogens with one attached hydrogen (secondary N) is 2. The van der Waals surface area contributed by atoms with Crippen LogP contribution in [0.15, 0.2) is 60.9 Å². The number of halogens is 1. The maximum absolute atomic E-state index is 13.3. The van der Waals surface area contributed by atoms with Crippen LogP contribution in [0.2, 0.25) is 0 Å². The highest BCUT2D eigenvalue weighted by molar-refractivity contribution is 7.99. The molecule has 7 heteroatoms. The maximum Gasteiger partial charge on any atom is 0.223 e. The summed E-state index contributed by atoms with van der Waals surface area (Å²) in [5.74, 6) is 0.139. The SMILES string of the molecule is CSNc1cccc(CC(Nc2ncc(C#N)cn2)c2ccc(F)cc2)c1. The highest BCUT2D eigenvalue weighted by atomic mass is 32.2. The van der Waals surface area contributed by atoms with Gasteiger partial charge in [-0.25, -0.2) is 14.4 Å². The summed E-state index contributed by atoms with van der Waals surface area (Å²) in [5.41, 5.74) is 3.46. The van der Waals surface area contributed by atoms with Gasteiger partial charge in [0, 0.05) is 11.9 Å². The molecule has 2 N–H and O–H groups in total. The van der Waals surface area contributed by atoms with E-state index in [-0.39, 0.29) is 11.9 Å². The number of benzene rings is 2. The molecule has 0 bridgehead atoms. The van der Waals surface area contributed by atoms with Crippen molar-refractivity contribution in [3.8, 4) is 6.07 Å². The molecule has 1 heterocycles. The van der Waals surface area contributed by atoms with Gasteiger partial charge >= 0.3 is 0 Å². The monoisotopic (exact) mass is 379 g/mol. The zero-order valence-electron chi connectivity index (χ0n) is 14.7. The summed E-state index contributed by atoms with van der Waals surface area (Å²) in [6.45, 7) is 0. The van der Waals surface area contributed by atoms with Crippen LogP contribution in [-0.4, -0.2) is 16.2 Å². The smallest absolute Gasteiger partial charge is 0.223 e. The van der Waals surface area contributed by atoms with Crippen molar-refractivity contribution >= 4 is 23.6 Å². The summed E-state index contributed by atoms with van der Waals surface area (Å²) in [4.78, 5) is 8.37. The molecule has 136 valence electrons. The minimum Gasteiger partial charge on any atom is -0.347 e. The van der Waals surface area contributed by atoms with E-state index in [1.807, 2.05) is 30.5 Å². The van der Waals surface area contributed by atoms with Crippen molar-refractivity contribution in [2.24, 2.45) is 0 Å². The molecule has 5 nitrogen and oxygen atoms in total. The predicted octanol–water partition coefficient (Wildman–Crippen LogP) is 4.57. The van der Waals surface area contributed by atoms with Crippen LogP contribution in [0.3, 0.4) is 0 Å². The van der Waals surface area contributed by atoms with Crippen LogP contribution >= 0.6 is 11.9 Å². The number of rotatable bonds is 7. The Bertz CT molecular complexity index is 922. The molecule has 3 rings (SSSR count). The van der Waals surface area contributed by atoms with Crippen molar-refractivity contribution in [1.82, 2.24) is 9.97 Å². The van der Waals surface area contributed by atoms with Crippen LogP contribution in [0.5, 0.6) is 0 Å². The molecule has 0 aliphatic heterocycles. The van der Waals surface area contributed by atoms with Gasteiger partial charge in [0.2, 0.25) is 5.95 Å². The first kappa shape index (κ1) is 18.7. The molecule has 1 atom stereocenters. The van der Waals surface area contributed by atoms with Gasteiger partial charge in [-0.3, -0.25) is 0 Å². The molecule has 0 amide bonds. The number of nitriles is 1. The molecule has 0 saturated carbocycles. The van der Waals surface area contributed by atoms with Crippen LogP contribution in [-0.2, 0) is 6.42 Å². The Morgan fingerprint density at radius 3 is 2.56 bits per heavy atom. The Morgan fingerprint density at radius 2 is 1.89 bits per heavy atom. The van der Waals surface area contributed by atoms with Crippen molar-refractivity contribution in [2.75, 3.05) is 16.3 Å². The second-order valence-corrected chi connectivity index (χ2v) is 6.48. The fourth-order valence-corrected chi connectivity index (χ4v) is 3.04. The number of hydrogen-bond acceptors (Lipinski definition) is 6. The van der Waals surface area contributed by atoms with E-state index in [4.69, 9.17) is 5.26 Å². The molecule has 0 saturated heterocycles. The summed E-state index contributed by atoms with van der Waals surface area (Å²) in [6, 6.07) is 16.4. The Hall–Kier alpha value is -3.11. The standard InChI is InChI=1S/C20H18FN5S/c1-27-26-18-4-2-3-14(9-18)10-19(16-5-7-17(21)8-6-16)25-20-23-12-15(11-22)13-24-20/h2-9,12-13,19,26H,10H2,1H3,(H,23,24,25). The predicted molar refractivity (Wildman–Crippen MR) is 107 cm³/mol. The van der Waals surface area contributed by atoms with E-state index in [9.17, 15) is 4.39 Å². The van der Waals surface area contributed by atoms with Gasteiger partial charge in [0.25, 0.3) is 0 Å². The average molecular weight is 379 g/mol. The van der Waals surface area contributed by atoms with Gasteiger partial charge in [-0.2, -0.15) is 5.26 Å². The zero-order valence-corrected chi connectivity index (χ0v) is 15.5. The fourth-order valence-electron chi connectivity index (χ4n) is 2.68. The third-order valence-corrected chi connectivity index (χ3v) is 4.38. The van der Waals surface area contributed by atoms with Gasteiger partial charge in [0.05, 0.1) is 24.0 Å². The molecule has 2 aromatic carbocycles. The van der Waals surface area contributed by atoms with E-state index in [1.165, 1.54) is 36.5 Å². The van der Waals surface area contributed by atoms with Gasteiger partial charge in [0.1, 0.15) is 11.9 Å². The van der Waals surface area contributed by atoms with Crippen molar-refractivity contribution in [1.29, 1.82) is 5.26 Å². The molecule has 27 heavy (non-hydrogen) atoms. The molecule has 0 radical (unpaired) electrons. The Labute approximate surface area is 161 Å². The van der Waals surface area contributed by atoms with Crippen LogP contribution in [0.4, 0.5) is 16.0 Å². The average Bonchev–Trinajstić information content (AvgIpc) is 2.69. The summed E-state index contributed by atoms with van der Waals surface area (Å²) in [6.07, 6.45) is 5.58. The highest BCUT2D eigenvalue weighted by Crippen LogP contribution is 2.24. The lowest BCUT2D eigenvalue weighted by Gasteiger charge is -2.20. The van der Waals surface area contributed by atoms with E-state index in [1.54, 1.807) is 12.1 Å². The van der Waals surface area contributed by atoms with Crippen LogP contribution in [0, 0.1) is 17.1 Å². The van der Waals surface area contributed by atoms with Gasteiger partial charge in [-0.05, 0) is 41.8 Å². The molecular formula is C20H18FN5S. The maximum atomic E-state index is 13.3. The second kappa shape index (κ2) is 9.01. The van der Waals surface area contributed by atoms with Gasteiger partial charge in [-0.15, -0.1) is 0 Å². The first-order valence-electron chi connectivity index (χ1n) is 8.30.